The number of benzene rings is 1. The first-order chi connectivity index (χ1) is 14.2. The first-order valence-corrected chi connectivity index (χ1v) is 10.7. The molecule has 2 aliphatic rings. The van der Waals surface area contributed by atoms with Gasteiger partial charge in [0.15, 0.2) is 0 Å². The maximum atomic E-state index is 13.0. The molecule has 2 saturated heterocycles. The molecular weight excluding hydrogens is 364 g/mol. The lowest BCUT2D eigenvalue weighted by molar-refractivity contribution is 0.0746. The number of ether oxygens (including phenoxy) is 1. The van der Waals surface area contributed by atoms with Crippen LogP contribution in [-0.2, 0) is 6.42 Å². The predicted molar refractivity (Wildman–Crippen MR) is 115 cm³/mol. The second kappa shape index (κ2) is 9.27. The molecule has 4 rings (SSSR count). The SMILES string of the molecule is CCOc1ccccc1N1CCN(C(=O)c2cncc(CC3CCNC3)c2)CC1. The van der Waals surface area contributed by atoms with Gasteiger partial charge in [-0.1, -0.05) is 12.1 Å². The Morgan fingerprint density at radius 1 is 1.21 bits per heavy atom. The maximum absolute atomic E-state index is 13.0. The normalized spacial score (nSPS) is 19.4. The summed E-state index contributed by atoms with van der Waals surface area (Å²) in [4.78, 5) is 21.6. The van der Waals surface area contributed by atoms with Crippen LogP contribution in [-0.4, -0.2) is 61.7 Å². The molecular formula is C23H30N4O2. The molecule has 2 fully saturated rings. The summed E-state index contributed by atoms with van der Waals surface area (Å²) >= 11 is 0. The van der Waals surface area contributed by atoms with E-state index in [1.807, 2.05) is 42.3 Å². The Morgan fingerprint density at radius 2 is 2.03 bits per heavy atom. The van der Waals surface area contributed by atoms with Crippen LogP contribution in [0.2, 0.25) is 0 Å². The zero-order valence-electron chi connectivity index (χ0n) is 17.1. The number of pyridine rings is 1. The molecule has 1 aromatic heterocycles. The van der Waals surface area contributed by atoms with Gasteiger partial charge >= 0.3 is 0 Å². The Morgan fingerprint density at radius 3 is 2.79 bits per heavy atom. The lowest BCUT2D eigenvalue weighted by atomic mass is 9.99. The van der Waals surface area contributed by atoms with Crippen molar-refractivity contribution in [2.24, 2.45) is 5.92 Å². The van der Waals surface area contributed by atoms with Crippen LogP contribution in [0.25, 0.3) is 0 Å². The fourth-order valence-electron chi connectivity index (χ4n) is 4.27. The molecule has 6 nitrogen and oxygen atoms in total. The van der Waals surface area contributed by atoms with E-state index < -0.39 is 0 Å². The zero-order valence-corrected chi connectivity index (χ0v) is 17.1. The Kier molecular flexibility index (Phi) is 6.30. The quantitative estimate of drug-likeness (QED) is 0.816. The maximum Gasteiger partial charge on any atom is 0.255 e. The Labute approximate surface area is 172 Å². The topological polar surface area (TPSA) is 57.7 Å². The highest BCUT2D eigenvalue weighted by atomic mass is 16.5. The number of aromatic nitrogens is 1. The molecule has 3 heterocycles. The average Bonchev–Trinajstić information content (AvgIpc) is 3.27. The molecule has 154 valence electrons. The minimum absolute atomic E-state index is 0.0849. The molecule has 0 bridgehead atoms. The van der Waals surface area contributed by atoms with E-state index in [9.17, 15) is 4.79 Å². The molecule has 2 aromatic rings. The van der Waals surface area contributed by atoms with Crippen molar-refractivity contribution in [1.29, 1.82) is 0 Å². The van der Waals surface area contributed by atoms with Gasteiger partial charge in [-0.05, 0) is 62.5 Å². The molecule has 6 heteroatoms. The highest BCUT2D eigenvalue weighted by Gasteiger charge is 2.24. The number of para-hydroxylation sites is 2. The minimum Gasteiger partial charge on any atom is -0.492 e. The molecule has 0 aliphatic carbocycles. The molecule has 0 spiro atoms. The summed E-state index contributed by atoms with van der Waals surface area (Å²) < 4.78 is 5.77. The minimum atomic E-state index is 0.0849. The number of nitrogens with one attached hydrogen (secondary N) is 1. The second-order valence-corrected chi connectivity index (χ2v) is 7.82. The van der Waals surface area contributed by atoms with E-state index in [-0.39, 0.29) is 5.91 Å². The van der Waals surface area contributed by atoms with Crippen LogP contribution in [0.3, 0.4) is 0 Å². The van der Waals surface area contributed by atoms with Crippen LogP contribution in [0.15, 0.2) is 42.7 Å². The molecule has 0 radical (unpaired) electrons. The number of amides is 1. The lowest BCUT2D eigenvalue weighted by Gasteiger charge is -2.36. The van der Waals surface area contributed by atoms with Crippen LogP contribution in [0.1, 0.15) is 29.3 Å². The number of carbonyl (C=O) groups excluding carboxylic acids is 1. The third kappa shape index (κ3) is 4.70. The van der Waals surface area contributed by atoms with E-state index in [1.54, 1.807) is 6.20 Å². The van der Waals surface area contributed by atoms with Gasteiger partial charge < -0.3 is 19.9 Å². The summed E-state index contributed by atoms with van der Waals surface area (Å²) in [5.41, 5.74) is 2.97. The van der Waals surface area contributed by atoms with Crippen molar-refractivity contribution in [3.63, 3.8) is 0 Å². The van der Waals surface area contributed by atoms with Gasteiger partial charge in [-0.2, -0.15) is 0 Å². The summed E-state index contributed by atoms with van der Waals surface area (Å²) in [7, 11) is 0. The number of piperazine rings is 1. The van der Waals surface area contributed by atoms with Gasteiger partial charge in [0.05, 0.1) is 17.9 Å². The molecule has 0 saturated carbocycles. The lowest BCUT2D eigenvalue weighted by Crippen LogP contribution is -2.49. The van der Waals surface area contributed by atoms with E-state index in [0.29, 0.717) is 31.2 Å². The third-order valence-corrected chi connectivity index (χ3v) is 5.80. The number of anilines is 1. The smallest absolute Gasteiger partial charge is 0.255 e. The van der Waals surface area contributed by atoms with Crippen molar-refractivity contribution in [2.75, 3.05) is 50.8 Å². The van der Waals surface area contributed by atoms with E-state index in [1.165, 1.54) is 6.42 Å². The summed E-state index contributed by atoms with van der Waals surface area (Å²) in [6.07, 6.45) is 5.79. The molecule has 2 aliphatic heterocycles. The standard InChI is InChI=1S/C23H30N4O2/c1-2-29-22-6-4-3-5-21(22)26-9-11-27(12-10-26)23(28)20-14-19(16-25-17-20)13-18-7-8-24-15-18/h3-6,14,16-18,24H,2,7-13,15H2,1H3. The molecule has 1 unspecified atom stereocenters. The highest BCUT2D eigenvalue weighted by Crippen LogP contribution is 2.29. The Bertz CT molecular complexity index is 827. The van der Waals surface area contributed by atoms with Gasteiger partial charge in [0.2, 0.25) is 0 Å². The van der Waals surface area contributed by atoms with E-state index in [4.69, 9.17) is 4.74 Å². The molecule has 29 heavy (non-hydrogen) atoms. The van der Waals surface area contributed by atoms with E-state index >= 15 is 0 Å². The van der Waals surface area contributed by atoms with Crippen molar-refractivity contribution < 1.29 is 9.53 Å². The monoisotopic (exact) mass is 394 g/mol. The fraction of sp³-hybridized carbons (Fsp3) is 0.478. The van der Waals surface area contributed by atoms with Crippen LogP contribution in [0, 0.1) is 5.92 Å². The summed E-state index contributed by atoms with van der Waals surface area (Å²) in [6, 6.07) is 10.2. The van der Waals surface area contributed by atoms with Crippen LogP contribution in [0.4, 0.5) is 5.69 Å². The predicted octanol–water partition coefficient (Wildman–Crippen LogP) is 2.59. The number of nitrogens with zero attached hydrogens (tertiary/aromatic N) is 3. The summed E-state index contributed by atoms with van der Waals surface area (Å²) in [5, 5.41) is 3.40. The Balaban J connectivity index is 1.38. The molecule has 1 N–H and O–H groups in total. The molecule has 1 amide bonds. The zero-order chi connectivity index (χ0) is 20.1. The van der Waals surface area contributed by atoms with Crippen molar-refractivity contribution in [1.82, 2.24) is 15.2 Å². The van der Waals surface area contributed by atoms with Crippen LogP contribution >= 0.6 is 0 Å². The van der Waals surface area contributed by atoms with Gasteiger partial charge in [0.25, 0.3) is 5.91 Å². The first kappa shape index (κ1) is 19.7. The first-order valence-electron chi connectivity index (χ1n) is 10.7. The largest absolute Gasteiger partial charge is 0.492 e. The van der Waals surface area contributed by atoms with Gasteiger partial charge in [-0.15, -0.1) is 0 Å². The van der Waals surface area contributed by atoms with Crippen LogP contribution in [0.5, 0.6) is 5.75 Å². The van der Waals surface area contributed by atoms with Crippen molar-refractivity contribution in [3.8, 4) is 5.75 Å². The van der Waals surface area contributed by atoms with Gasteiger partial charge in [0, 0.05) is 38.6 Å². The van der Waals surface area contributed by atoms with Crippen molar-refractivity contribution in [3.05, 3.63) is 53.9 Å². The Hall–Kier alpha value is -2.60. The van der Waals surface area contributed by atoms with Crippen molar-refractivity contribution >= 4 is 11.6 Å². The number of rotatable bonds is 6. The number of carbonyl (C=O) groups is 1. The average molecular weight is 395 g/mol. The molecule has 1 aromatic carbocycles. The van der Waals surface area contributed by atoms with Gasteiger partial charge in [-0.3, -0.25) is 9.78 Å². The van der Waals surface area contributed by atoms with E-state index in [2.05, 4.69) is 21.3 Å². The third-order valence-electron chi connectivity index (χ3n) is 5.80. The fourth-order valence-corrected chi connectivity index (χ4v) is 4.27. The summed E-state index contributed by atoms with van der Waals surface area (Å²) in [5.74, 6) is 1.64. The number of hydrogen-bond acceptors (Lipinski definition) is 5. The van der Waals surface area contributed by atoms with Gasteiger partial charge in [0.1, 0.15) is 5.75 Å². The molecule has 1 atom stereocenters. The summed E-state index contributed by atoms with van der Waals surface area (Å²) in [6.45, 7) is 7.81. The number of hydrogen-bond donors (Lipinski definition) is 1. The second-order valence-electron chi connectivity index (χ2n) is 7.82. The van der Waals surface area contributed by atoms with Gasteiger partial charge in [-0.25, -0.2) is 0 Å². The highest BCUT2D eigenvalue weighted by molar-refractivity contribution is 5.94. The van der Waals surface area contributed by atoms with Crippen molar-refractivity contribution in [2.45, 2.75) is 19.8 Å². The van der Waals surface area contributed by atoms with E-state index in [0.717, 1.165) is 49.6 Å². The van der Waals surface area contributed by atoms with Crippen LogP contribution < -0.4 is 15.0 Å².